The largest absolute Gasteiger partial charge is 0.481 e. The molecule has 0 bridgehead atoms. The normalized spacial score (nSPS) is 20.0. The molecule has 1 aromatic rings. The highest BCUT2D eigenvalue weighted by molar-refractivity contribution is 5.80. The van der Waals surface area contributed by atoms with Crippen molar-refractivity contribution in [2.24, 2.45) is 17.8 Å². The predicted octanol–water partition coefficient (Wildman–Crippen LogP) is 2.82. The van der Waals surface area contributed by atoms with E-state index in [0.717, 1.165) is 12.0 Å². The highest BCUT2D eigenvalue weighted by Crippen LogP contribution is 2.24. The molecule has 4 nitrogen and oxygen atoms in total. The van der Waals surface area contributed by atoms with E-state index in [1.165, 1.54) is 0 Å². The van der Waals surface area contributed by atoms with Crippen LogP contribution in [0, 0.1) is 17.8 Å². The Morgan fingerprint density at radius 3 is 2.55 bits per heavy atom. The van der Waals surface area contributed by atoms with Crippen LogP contribution in [0.4, 0.5) is 0 Å². The monoisotopic (exact) mass is 303 g/mol. The fourth-order valence-corrected chi connectivity index (χ4v) is 3.09. The van der Waals surface area contributed by atoms with Crippen LogP contribution in [0.15, 0.2) is 30.3 Å². The molecule has 0 aromatic heterocycles. The summed E-state index contributed by atoms with van der Waals surface area (Å²) in [6.07, 6.45) is 2.16. The first-order valence-electron chi connectivity index (χ1n) is 8.04. The number of likely N-dealkylation sites (tertiary alicyclic amines) is 1. The fourth-order valence-electron chi connectivity index (χ4n) is 3.09. The van der Waals surface area contributed by atoms with Gasteiger partial charge in [-0.15, -0.1) is 0 Å². The number of nitrogens with zero attached hydrogens (tertiary/aromatic N) is 1. The second kappa shape index (κ2) is 7.43. The van der Waals surface area contributed by atoms with Crippen molar-refractivity contribution in [2.75, 3.05) is 13.1 Å². The second-order valence-corrected chi connectivity index (χ2v) is 6.50. The molecule has 1 aliphatic rings. The summed E-state index contributed by atoms with van der Waals surface area (Å²) in [5.41, 5.74) is 1.15. The maximum absolute atomic E-state index is 12.8. The van der Waals surface area contributed by atoms with Crippen molar-refractivity contribution in [3.05, 3.63) is 35.9 Å². The van der Waals surface area contributed by atoms with Crippen molar-refractivity contribution in [3.8, 4) is 0 Å². The molecule has 2 atom stereocenters. The quantitative estimate of drug-likeness (QED) is 0.910. The number of hydrogen-bond acceptors (Lipinski definition) is 2. The van der Waals surface area contributed by atoms with Crippen molar-refractivity contribution < 1.29 is 14.7 Å². The average Bonchev–Trinajstić information content (AvgIpc) is 2.53. The molecule has 0 spiro atoms. The molecule has 1 unspecified atom stereocenters. The molecule has 2 rings (SSSR count). The third-order valence-corrected chi connectivity index (χ3v) is 4.50. The number of hydrogen-bond donors (Lipinski definition) is 1. The number of carbonyl (C=O) groups excluding carboxylic acids is 1. The van der Waals surface area contributed by atoms with Gasteiger partial charge in [-0.2, -0.15) is 0 Å². The lowest BCUT2D eigenvalue weighted by atomic mass is 9.86. The first-order chi connectivity index (χ1) is 10.5. The summed E-state index contributed by atoms with van der Waals surface area (Å²) < 4.78 is 0. The van der Waals surface area contributed by atoms with Crippen LogP contribution in [0.5, 0.6) is 0 Å². The maximum atomic E-state index is 12.8. The maximum Gasteiger partial charge on any atom is 0.308 e. The highest BCUT2D eigenvalue weighted by atomic mass is 16.4. The van der Waals surface area contributed by atoms with Crippen LogP contribution in [0.3, 0.4) is 0 Å². The summed E-state index contributed by atoms with van der Waals surface area (Å²) in [7, 11) is 0. The van der Waals surface area contributed by atoms with Gasteiger partial charge in [0.15, 0.2) is 0 Å². The Labute approximate surface area is 132 Å². The summed E-state index contributed by atoms with van der Waals surface area (Å²) >= 11 is 0. The molecule has 0 radical (unpaired) electrons. The van der Waals surface area contributed by atoms with Gasteiger partial charge < -0.3 is 10.0 Å². The van der Waals surface area contributed by atoms with Gasteiger partial charge in [-0.1, -0.05) is 44.2 Å². The number of piperidine rings is 1. The molecule has 1 saturated heterocycles. The summed E-state index contributed by atoms with van der Waals surface area (Å²) in [5.74, 6) is -0.957. The molecule has 1 heterocycles. The first-order valence-corrected chi connectivity index (χ1v) is 8.04. The fraction of sp³-hybridized carbons (Fsp3) is 0.556. The van der Waals surface area contributed by atoms with Gasteiger partial charge in [-0.05, 0) is 30.7 Å². The van der Waals surface area contributed by atoms with Gasteiger partial charge in [0, 0.05) is 19.0 Å². The zero-order valence-corrected chi connectivity index (χ0v) is 13.4. The van der Waals surface area contributed by atoms with Crippen LogP contribution in [0.1, 0.15) is 32.3 Å². The van der Waals surface area contributed by atoms with Gasteiger partial charge >= 0.3 is 5.97 Å². The number of carboxylic acid groups (broad SMARTS) is 1. The second-order valence-electron chi connectivity index (χ2n) is 6.50. The number of aliphatic carboxylic acids is 1. The molecule has 1 N–H and O–H groups in total. The minimum atomic E-state index is -0.790. The van der Waals surface area contributed by atoms with Gasteiger partial charge in [0.25, 0.3) is 0 Å². The smallest absolute Gasteiger partial charge is 0.308 e. The molecular weight excluding hydrogens is 278 g/mol. The third kappa shape index (κ3) is 4.09. The van der Waals surface area contributed by atoms with Crippen LogP contribution in [0.2, 0.25) is 0 Å². The van der Waals surface area contributed by atoms with Gasteiger partial charge in [-0.25, -0.2) is 0 Å². The molecule has 22 heavy (non-hydrogen) atoms. The Morgan fingerprint density at radius 2 is 1.95 bits per heavy atom. The van der Waals surface area contributed by atoms with Crippen LogP contribution in [0.25, 0.3) is 0 Å². The van der Waals surface area contributed by atoms with Crippen molar-refractivity contribution in [2.45, 2.75) is 33.1 Å². The molecular formula is C18H25NO3. The van der Waals surface area contributed by atoms with E-state index in [9.17, 15) is 14.7 Å². The van der Waals surface area contributed by atoms with E-state index in [-0.39, 0.29) is 17.7 Å². The zero-order valence-electron chi connectivity index (χ0n) is 13.4. The molecule has 4 heteroatoms. The van der Waals surface area contributed by atoms with Crippen LogP contribution >= 0.6 is 0 Å². The summed E-state index contributed by atoms with van der Waals surface area (Å²) in [4.78, 5) is 25.8. The SMILES string of the molecule is CC(C)C(Cc1ccccc1)C(=O)N1CCC[C@H](C(=O)O)C1. The number of carbonyl (C=O) groups is 2. The van der Waals surface area contributed by atoms with E-state index in [0.29, 0.717) is 25.9 Å². The Bertz CT molecular complexity index is 512. The van der Waals surface area contributed by atoms with E-state index in [2.05, 4.69) is 13.8 Å². The van der Waals surface area contributed by atoms with Crippen LogP contribution in [-0.2, 0) is 16.0 Å². The molecule has 120 valence electrons. The van der Waals surface area contributed by atoms with Gasteiger partial charge in [-0.3, -0.25) is 9.59 Å². The van der Waals surface area contributed by atoms with E-state index in [1.54, 1.807) is 4.90 Å². The summed E-state index contributed by atoms with van der Waals surface area (Å²) in [6, 6.07) is 10.0. The molecule has 0 aliphatic carbocycles. The number of amides is 1. The van der Waals surface area contributed by atoms with E-state index < -0.39 is 11.9 Å². The van der Waals surface area contributed by atoms with E-state index >= 15 is 0 Å². The topological polar surface area (TPSA) is 57.6 Å². The lowest BCUT2D eigenvalue weighted by Gasteiger charge is -2.34. The van der Waals surface area contributed by atoms with Crippen molar-refractivity contribution >= 4 is 11.9 Å². The zero-order chi connectivity index (χ0) is 16.1. The Morgan fingerprint density at radius 1 is 1.27 bits per heavy atom. The average molecular weight is 303 g/mol. The van der Waals surface area contributed by atoms with Gasteiger partial charge in [0.1, 0.15) is 0 Å². The minimum absolute atomic E-state index is 0.0880. The number of benzene rings is 1. The standard InChI is InChI=1S/C18H25NO3/c1-13(2)16(11-14-7-4-3-5-8-14)17(20)19-10-6-9-15(12-19)18(21)22/h3-5,7-8,13,15-16H,6,9-12H2,1-2H3,(H,21,22)/t15-,16?/m0/s1. The molecule has 1 aromatic carbocycles. The number of carboxylic acids is 1. The summed E-state index contributed by atoms with van der Waals surface area (Å²) in [5, 5.41) is 9.18. The Hall–Kier alpha value is -1.84. The Kier molecular flexibility index (Phi) is 5.58. The van der Waals surface area contributed by atoms with Crippen LogP contribution in [-0.4, -0.2) is 35.0 Å². The third-order valence-electron chi connectivity index (χ3n) is 4.50. The lowest BCUT2D eigenvalue weighted by Crippen LogP contribution is -2.46. The number of rotatable bonds is 5. The lowest BCUT2D eigenvalue weighted by molar-refractivity contribution is -0.147. The molecule has 1 aliphatic heterocycles. The first kappa shape index (κ1) is 16.5. The molecule has 1 fully saturated rings. The highest BCUT2D eigenvalue weighted by Gasteiger charge is 2.32. The van der Waals surface area contributed by atoms with Crippen molar-refractivity contribution in [1.82, 2.24) is 4.90 Å². The van der Waals surface area contributed by atoms with Crippen molar-refractivity contribution in [3.63, 3.8) is 0 Å². The van der Waals surface area contributed by atoms with E-state index in [1.807, 2.05) is 30.3 Å². The Balaban J connectivity index is 2.07. The van der Waals surface area contributed by atoms with Gasteiger partial charge in [0.2, 0.25) is 5.91 Å². The van der Waals surface area contributed by atoms with Crippen LogP contribution < -0.4 is 0 Å². The summed E-state index contributed by atoms with van der Waals surface area (Å²) in [6.45, 7) is 5.15. The van der Waals surface area contributed by atoms with Gasteiger partial charge in [0.05, 0.1) is 5.92 Å². The van der Waals surface area contributed by atoms with Crippen molar-refractivity contribution in [1.29, 1.82) is 0 Å². The minimum Gasteiger partial charge on any atom is -0.481 e. The predicted molar refractivity (Wildman–Crippen MR) is 85.4 cm³/mol. The molecule has 1 amide bonds. The van der Waals surface area contributed by atoms with E-state index in [4.69, 9.17) is 0 Å². The molecule has 0 saturated carbocycles.